The van der Waals surface area contributed by atoms with Gasteiger partial charge in [0.25, 0.3) is 0 Å². The second-order valence-electron chi connectivity index (χ2n) is 3.87. The third-order valence-corrected chi connectivity index (χ3v) is 3.11. The Morgan fingerprint density at radius 3 is 3.00 bits per heavy atom. The number of esters is 1. The number of hydrogen-bond donors (Lipinski definition) is 1. The summed E-state index contributed by atoms with van der Waals surface area (Å²) in [6, 6.07) is 4.86. The maximum absolute atomic E-state index is 13.6. The summed E-state index contributed by atoms with van der Waals surface area (Å²) >= 11 is 1.22. The third kappa shape index (κ3) is 3.29. The average molecular weight is 280 g/mol. The number of carbonyl (C=O) groups excluding carboxylic acids is 1. The number of anilines is 2. The molecule has 1 aromatic carbocycles. The Labute approximate surface area is 114 Å². The van der Waals surface area contributed by atoms with E-state index in [1.807, 2.05) is 6.92 Å². The molecular formula is C13H13FN2O2S. The van der Waals surface area contributed by atoms with Gasteiger partial charge in [-0.2, -0.15) is 0 Å². The number of hydrogen-bond acceptors (Lipinski definition) is 5. The van der Waals surface area contributed by atoms with Gasteiger partial charge in [-0.05, 0) is 31.5 Å². The lowest BCUT2D eigenvalue weighted by Crippen LogP contribution is -2.05. The van der Waals surface area contributed by atoms with E-state index in [2.05, 4.69) is 10.3 Å². The predicted molar refractivity (Wildman–Crippen MR) is 72.5 cm³/mol. The monoisotopic (exact) mass is 280 g/mol. The number of carbonyl (C=O) groups is 1. The van der Waals surface area contributed by atoms with Gasteiger partial charge in [0.2, 0.25) is 0 Å². The Morgan fingerprint density at radius 1 is 1.53 bits per heavy atom. The highest BCUT2D eigenvalue weighted by molar-refractivity contribution is 7.14. The largest absolute Gasteiger partial charge is 0.461 e. The molecule has 100 valence electrons. The maximum Gasteiger partial charge on any atom is 0.357 e. The van der Waals surface area contributed by atoms with Crippen molar-refractivity contribution in [2.75, 3.05) is 11.9 Å². The molecule has 1 N–H and O–H groups in total. The van der Waals surface area contributed by atoms with Gasteiger partial charge in [-0.3, -0.25) is 0 Å². The average Bonchev–Trinajstić information content (AvgIpc) is 2.82. The number of thiazole rings is 1. The number of halogens is 1. The summed E-state index contributed by atoms with van der Waals surface area (Å²) in [4.78, 5) is 15.5. The molecule has 1 heterocycles. The first-order valence-electron chi connectivity index (χ1n) is 5.76. The van der Waals surface area contributed by atoms with Gasteiger partial charge in [0.15, 0.2) is 10.8 Å². The minimum atomic E-state index is -0.476. The van der Waals surface area contributed by atoms with E-state index < -0.39 is 5.97 Å². The van der Waals surface area contributed by atoms with Crippen LogP contribution in [0.2, 0.25) is 0 Å². The highest BCUT2D eigenvalue weighted by atomic mass is 32.1. The van der Waals surface area contributed by atoms with Gasteiger partial charge in [-0.1, -0.05) is 6.07 Å². The van der Waals surface area contributed by atoms with Crippen molar-refractivity contribution in [3.8, 4) is 0 Å². The van der Waals surface area contributed by atoms with E-state index in [1.165, 1.54) is 17.4 Å². The lowest BCUT2D eigenvalue weighted by molar-refractivity contribution is 0.0520. The molecule has 4 nitrogen and oxygen atoms in total. The van der Waals surface area contributed by atoms with Gasteiger partial charge in [-0.25, -0.2) is 14.2 Å². The normalized spacial score (nSPS) is 10.3. The zero-order valence-electron chi connectivity index (χ0n) is 10.6. The van der Waals surface area contributed by atoms with E-state index >= 15 is 0 Å². The highest BCUT2D eigenvalue weighted by Crippen LogP contribution is 2.24. The van der Waals surface area contributed by atoms with E-state index in [0.29, 0.717) is 17.4 Å². The summed E-state index contributed by atoms with van der Waals surface area (Å²) in [5, 5.41) is 4.87. The molecule has 6 heteroatoms. The van der Waals surface area contributed by atoms with Crippen LogP contribution in [-0.2, 0) is 4.74 Å². The molecule has 0 bridgehead atoms. The second-order valence-corrected chi connectivity index (χ2v) is 4.72. The van der Waals surface area contributed by atoms with Crippen molar-refractivity contribution in [2.24, 2.45) is 0 Å². The van der Waals surface area contributed by atoms with E-state index in [0.717, 1.165) is 5.56 Å². The smallest absolute Gasteiger partial charge is 0.357 e. The van der Waals surface area contributed by atoms with Crippen molar-refractivity contribution in [1.29, 1.82) is 0 Å². The minimum Gasteiger partial charge on any atom is -0.461 e. The SMILES string of the molecule is CCOC(=O)c1csc(Nc2ccc(C)cc2F)n1. The zero-order chi connectivity index (χ0) is 13.8. The van der Waals surface area contributed by atoms with Crippen LogP contribution in [0.4, 0.5) is 15.2 Å². The van der Waals surface area contributed by atoms with E-state index in [9.17, 15) is 9.18 Å². The number of aryl methyl sites for hydroxylation is 1. The first-order valence-corrected chi connectivity index (χ1v) is 6.64. The summed E-state index contributed by atoms with van der Waals surface area (Å²) in [5.41, 5.74) is 1.40. The Balaban J connectivity index is 2.13. The molecule has 0 saturated carbocycles. The van der Waals surface area contributed by atoms with Gasteiger partial charge < -0.3 is 10.1 Å². The number of ether oxygens (including phenoxy) is 1. The van der Waals surface area contributed by atoms with E-state index in [4.69, 9.17) is 4.74 Å². The number of nitrogens with zero attached hydrogens (tertiary/aromatic N) is 1. The number of rotatable bonds is 4. The zero-order valence-corrected chi connectivity index (χ0v) is 11.4. The standard InChI is InChI=1S/C13H13FN2O2S/c1-3-18-12(17)11-7-19-13(16-11)15-10-5-4-8(2)6-9(10)14/h4-7H,3H2,1-2H3,(H,15,16). The van der Waals surface area contributed by atoms with Crippen molar-refractivity contribution in [2.45, 2.75) is 13.8 Å². The minimum absolute atomic E-state index is 0.224. The number of benzene rings is 1. The maximum atomic E-state index is 13.6. The van der Waals surface area contributed by atoms with Gasteiger partial charge in [-0.15, -0.1) is 11.3 Å². The first-order chi connectivity index (χ1) is 9.10. The Morgan fingerprint density at radius 2 is 2.32 bits per heavy atom. The molecule has 2 rings (SSSR count). The highest BCUT2D eigenvalue weighted by Gasteiger charge is 2.12. The van der Waals surface area contributed by atoms with Crippen LogP contribution in [0.25, 0.3) is 0 Å². The molecule has 0 aliphatic rings. The Bertz CT molecular complexity index is 598. The van der Waals surface area contributed by atoms with Crippen LogP contribution in [0, 0.1) is 12.7 Å². The predicted octanol–water partition coefficient (Wildman–Crippen LogP) is 3.51. The van der Waals surface area contributed by atoms with Crippen LogP contribution < -0.4 is 5.32 Å². The van der Waals surface area contributed by atoms with Crippen molar-refractivity contribution < 1.29 is 13.9 Å². The number of nitrogens with one attached hydrogen (secondary N) is 1. The van der Waals surface area contributed by atoms with Crippen LogP contribution in [0.5, 0.6) is 0 Å². The van der Waals surface area contributed by atoms with E-state index in [1.54, 1.807) is 24.4 Å². The van der Waals surface area contributed by atoms with Gasteiger partial charge in [0.05, 0.1) is 12.3 Å². The molecular weight excluding hydrogens is 267 g/mol. The fourth-order valence-electron chi connectivity index (χ4n) is 1.47. The van der Waals surface area contributed by atoms with Gasteiger partial charge in [0, 0.05) is 5.38 Å². The van der Waals surface area contributed by atoms with Crippen molar-refractivity contribution in [3.63, 3.8) is 0 Å². The summed E-state index contributed by atoms with van der Waals surface area (Å²) in [7, 11) is 0. The lowest BCUT2D eigenvalue weighted by Gasteiger charge is -2.04. The molecule has 0 unspecified atom stereocenters. The first kappa shape index (κ1) is 13.5. The molecule has 0 aliphatic heterocycles. The molecule has 0 spiro atoms. The summed E-state index contributed by atoms with van der Waals surface area (Å²) in [6.07, 6.45) is 0. The molecule has 0 amide bonds. The van der Waals surface area contributed by atoms with Crippen molar-refractivity contribution >= 4 is 28.1 Å². The molecule has 0 saturated heterocycles. The quantitative estimate of drug-likeness (QED) is 0.871. The van der Waals surface area contributed by atoms with Gasteiger partial charge >= 0.3 is 5.97 Å². The second kappa shape index (κ2) is 5.79. The van der Waals surface area contributed by atoms with Gasteiger partial charge in [0.1, 0.15) is 5.82 Å². The number of aromatic nitrogens is 1. The fourth-order valence-corrected chi connectivity index (χ4v) is 2.16. The van der Waals surface area contributed by atoms with Crippen LogP contribution in [0.3, 0.4) is 0 Å². The Kier molecular flexibility index (Phi) is 4.11. The molecule has 2 aromatic rings. The molecule has 0 radical (unpaired) electrons. The summed E-state index contributed by atoms with van der Waals surface area (Å²) in [6.45, 7) is 3.84. The lowest BCUT2D eigenvalue weighted by atomic mass is 10.2. The fraction of sp³-hybridized carbons (Fsp3) is 0.231. The summed E-state index contributed by atoms with van der Waals surface area (Å²) < 4.78 is 18.5. The van der Waals surface area contributed by atoms with Crippen LogP contribution in [0.15, 0.2) is 23.6 Å². The van der Waals surface area contributed by atoms with Crippen LogP contribution in [-0.4, -0.2) is 17.6 Å². The molecule has 19 heavy (non-hydrogen) atoms. The third-order valence-electron chi connectivity index (χ3n) is 2.35. The summed E-state index contributed by atoms with van der Waals surface area (Å²) in [5.74, 6) is -0.830. The molecule has 0 fully saturated rings. The van der Waals surface area contributed by atoms with E-state index in [-0.39, 0.29) is 11.5 Å². The van der Waals surface area contributed by atoms with Crippen LogP contribution >= 0.6 is 11.3 Å². The molecule has 0 aliphatic carbocycles. The van der Waals surface area contributed by atoms with Crippen molar-refractivity contribution in [1.82, 2.24) is 4.98 Å². The Hall–Kier alpha value is -1.95. The van der Waals surface area contributed by atoms with Crippen LogP contribution in [0.1, 0.15) is 23.0 Å². The van der Waals surface area contributed by atoms with Crippen molar-refractivity contribution in [3.05, 3.63) is 40.7 Å². The molecule has 1 aromatic heterocycles. The topological polar surface area (TPSA) is 51.2 Å². The molecule has 0 atom stereocenters.